The van der Waals surface area contributed by atoms with Crippen molar-refractivity contribution >= 4 is 11.3 Å². The van der Waals surface area contributed by atoms with Gasteiger partial charge in [-0.1, -0.05) is 19.9 Å². The van der Waals surface area contributed by atoms with Crippen LogP contribution in [0.4, 0.5) is 0 Å². The first-order valence-corrected chi connectivity index (χ1v) is 6.77. The molecule has 0 aliphatic rings. The molecule has 1 N–H and O–H groups in total. The van der Waals surface area contributed by atoms with Gasteiger partial charge in [-0.05, 0) is 24.4 Å². The maximum absolute atomic E-state index is 5.10. The van der Waals surface area contributed by atoms with Crippen LogP contribution >= 0.6 is 11.3 Å². The number of nitrogens with one attached hydrogen (secondary N) is 1. The van der Waals surface area contributed by atoms with Crippen LogP contribution in [0.1, 0.15) is 37.3 Å². The third-order valence-corrected chi connectivity index (χ3v) is 4.32. The minimum atomic E-state index is 0.173. The summed E-state index contributed by atoms with van der Waals surface area (Å²) in [6.45, 7) is 7.66. The van der Waals surface area contributed by atoms with Crippen molar-refractivity contribution in [1.82, 2.24) is 5.32 Å². The topological polar surface area (TPSA) is 25.2 Å². The zero-order chi connectivity index (χ0) is 12.3. The Kier molecular flexibility index (Phi) is 3.69. The lowest BCUT2D eigenvalue weighted by Gasteiger charge is -2.26. The van der Waals surface area contributed by atoms with Gasteiger partial charge in [0.1, 0.15) is 0 Å². The van der Waals surface area contributed by atoms with E-state index in [0.717, 1.165) is 6.54 Å². The fourth-order valence-electron chi connectivity index (χ4n) is 1.80. The van der Waals surface area contributed by atoms with Crippen LogP contribution in [0.15, 0.2) is 40.5 Å². The molecule has 0 amide bonds. The molecule has 0 saturated heterocycles. The standard InChI is InChI=1S/C14H19NOS/c1-11(12-6-7-16-9-12)15-10-14(2,3)13-5-4-8-17-13/h4-9,11,15H,10H2,1-3H3. The molecule has 0 bridgehead atoms. The number of furan rings is 1. The van der Waals surface area contributed by atoms with Crippen molar-refractivity contribution in [1.29, 1.82) is 0 Å². The van der Waals surface area contributed by atoms with E-state index in [1.54, 1.807) is 12.5 Å². The van der Waals surface area contributed by atoms with Gasteiger partial charge in [0, 0.05) is 28.4 Å². The lowest BCUT2D eigenvalue weighted by molar-refractivity contribution is 0.439. The number of hydrogen-bond donors (Lipinski definition) is 1. The molecule has 1 unspecified atom stereocenters. The highest BCUT2D eigenvalue weighted by atomic mass is 32.1. The first-order valence-electron chi connectivity index (χ1n) is 5.89. The van der Waals surface area contributed by atoms with Crippen LogP contribution in [-0.2, 0) is 5.41 Å². The minimum absolute atomic E-state index is 0.173. The molecule has 92 valence electrons. The maximum atomic E-state index is 5.10. The molecule has 2 nitrogen and oxygen atoms in total. The van der Waals surface area contributed by atoms with Gasteiger partial charge in [-0.2, -0.15) is 0 Å². The third-order valence-electron chi connectivity index (χ3n) is 3.08. The summed E-state index contributed by atoms with van der Waals surface area (Å²) in [6.07, 6.45) is 3.52. The monoisotopic (exact) mass is 249 g/mol. The van der Waals surface area contributed by atoms with Crippen molar-refractivity contribution in [3.63, 3.8) is 0 Å². The quantitative estimate of drug-likeness (QED) is 0.867. The van der Waals surface area contributed by atoms with E-state index in [2.05, 4.69) is 43.6 Å². The van der Waals surface area contributed by atoms with Gasteiger partial charge in [-0.15, -0.1) is 11.3 Å². The first kappa shape index (κ1) is 12.4. The molecule has 0 fully saturated rings. The van der Waals surface area contributed by atoms with Gasteiger partial charge >= 0.3 is 0 Å². The van der Waals surface area contributed by atoms with Gasteiger partial charge in [0.15, 0.2) is 0 Å². The molecule has 1 atom stereocenters. The van der Waals surface area contributed by atoms with Crippen molar-refractivity contribution in [3.8, 4) is 0 Å². The Labute approximate surface area is 107 Å². The van der Waals surface area contributed by atoms with E-state index < -0.39 is 0 Å². The van der Waals surface area contributed by atoms with Crippen LogP contribution in [0.2, 0.25) is 0 Å². The number of thiophene rings is 1. The Morgan fingerprint density at radius 2 is 2.24 bits per heavy atom. The minimum Gasteiger partial charge on any atom is -0.472 e. The molecule has 2 aromatic rings. The zero-order valence-corrected chi connectivity index (χ0v) is 11.4. The Balaban J connectivity index is 1.94. The summed E-state index contributed by atoms with van der Waals surface area (Å²) < 4.78 is 5.10. The fraction of sp³-hybridized carbons (Fsp3) is 0.429. The molecule has 3 heteroatoms. The summed E-state index contributed by atoms with van der Waals surface area (Å²) in [6, 6.07) is 6.65. The highest BCUT2D eigenvalue weighted by Gasteiger charge is 2.22. The van der Waals surface area contributed by atoms with Crippen LogP contribution in [-0.4, -0.2) is 6.54 Å². The molecule has 0 radical (unpaired) electrons. The second-order valence-corrected chi connectivity index (χ2v) is 5.97. The Hall–Kier alpha value is -1.06. The molecule has 17 heavy (non-hydrogen) atoms. The van der Waals surface area contributed by atoms with Gasteiger partial charge in [0.05, 0.1) is 12.5 Å². The molecule has 0 aliphatic carbocycles. The molecule has 0 saturated carbocycles. The molecule has 0 aliphatic heterocycles. The SMILES string of the molecule is CC(NCC(C)(C)c1cccs1)c1ccoc1. The molecule has 2 heterocycles. The molecular weight excluding hydrogens is 230 g/mol. The average Bonchev–Trinajstić information content (AvgIpc) is 2.97. The normalized spacial score (nSPS) is 13.8. The smallest absolute Gasteiger partial charge is 0.0950 e. The van der Waals surface area contributed by atoms with Crippen molar-refractivity contribution in [2.24, 2.45) is 0 Å². The van der Waals surface area contributed by atoms with Crippen LogP contribution in [0.25, 0.3) is 0 Å². The summed E-state index contributed by atoms with van der Waals surface area (Å²) in [4.78, 5) is 1.42. The third kappa shape index (κ3) is 2.99. The summed E-state index contributed by atoms with van der Waals surface area (Å²) in [5.41, 5.74) is 1.37. The van der Waals surface area contributed by atoms with E-state index in [1.165, 1.54) is 10.4 Å². The number of rotatable bonds is 5. The second-order valence-electron chi connectivity index (χ2n) is 5.02. The van der Waals surface area contributed by atoms with Gasteiger partial charge in [-0.3, -0.25) is 0 Å². The van der Waals surface area contributed by atoms with Gasteiger partial charge < -0.3 is 9.73 Å². The maximum Gasteiger partial charge on any atom is 0.0950 e. The summed E-state index contributed by atoms with van der Waals surface area (Å²) in [5.74, 6) is 0. The van der Waals surface area contributed by atoms with Crippen LogP contribution in [0, 0.1) is 0 Å². The van der Waals surface area contributed by atoms with Crippen LogP contribution in [0.3, 0.4) is 0 Å². The van der Waals surface area contributed by atoms with Gasteiger partial charge in [0.2, 0.25) is 0 Å². The second kappa shape index (κ2) is 5.07. The Morgan fingerprint density at radius 3 is 2.82 bits per heavy atom. The lowest BCUT2D eigenvalue weighted by Crippen LogP contribution is -2.33. The largest absolute Gasteiger partial charge is 0.472 e. The Morgan fingerprint density at radius 1 is 1.41 bits per heavy atom. The highest BCUT2D eigenvalue weighted by Crippen LogP contribution is 2.27. The predicted molar refractivity (Wildman–Crippen MR) is 72.5 cm³/mol. The molecule has 2 rings (SSSR count). The average molecular weight is 249 g/mol. The van der Waals surface area contributed by atoms with E-state index >= 15 is 0 Å². The van der Waals surface area contributed by atoms with Crippen molar-refractivity contribution in [2.75, 3.05) is 6.54 Å². The Bertz CT molecular complexity index is 431. The summed E-state index contributed by atoms with van der Waals surface area (Å²) in [5, 5.41) is 5.70. The van der Waals surface area contributed by atoms with Gasteiger partial charge in [-0.25, -0.2) is 0 Å². The zero-order valence-electron chi connectivity index (χ0n) is 10.6. The molecule has 0 spiro atoms. The van der Waals surface area contributed by atoms with E-state index in [4.69, 9.17) is 4.42 Å². The van der Waals surface area contributed by atoms with Crippen molar-refractivity contribution in [2.45, 2.75) is 32.2 Å². The predicted octanol–water partition coefficient (Wildman–Crippen LogP) is 3.97. The van der Waals surface area contributed by atoms with Crippen LogP contribution < -0.4 is 5.32 Å². The van der Waals surface area contributed by atoms with E-state index in [0.29, 0.717) is 6.04 Å². The van der Waals surface area contributed by atoms with Gasteiger partial charge in [0.25, 0.3) is 0 Å². The van der Waals surface area contributed by atoms with E-state index in [1.807, 2.05) is 17.4 Å². The van der Waals surface area contributed by atoms with Crippen LogP contribution in [0.5, 0.6) is 0 Å². The van der Waals surface area contributed by atoms with Crippen molar-refractivity contribution in [3.05, 3.63) is 46.5 Å². The number of hydrogen-bond acceptors (Lipinski definition) is 3. The molecule has 0 aromatic carbocycles. The fourth-order valence-corrected chi connectivity index (χ4v) is 2.65. The highest BCUT2D eigenvalue weighted by molar-refractivity contribution is 7.10. The van der Waals surface area contributed by atoms with E-state index in [9.17, 15) is 0 Å². The summed E-state index contributed by atoms with van der Waals surface area (Å²) in [7, 11) is 0. The summed E-state index contributed by atoms with van der Waals surface area (Å²) >= 11 is 1.82. The lowest BCUT2D eigenvalue weighted by atomic mass is 9.91. The molecular formula is C14H19NOS. The molecule has 2 aromatic heterocycles. The van der Waals surface area contributed by atoms with Crippen molar-refractivity contribution < 1.29 is 4.42 Å². The van der Waals surface area contributed by atoms with E-state index in [-0.39, 0.29) is 5.41 Å². The first-order chi connectivity index (χ1) is 8.09.